The van der Waals surface area contributed by atoms with Gasteiger partial charge in [0, 0.05) is 32.0 Å². The van der Waals surface area contributed by atoms with Crippen LogP contribution in [0.25, 0.3) is 16.9 Å². The molecular weight excluding hydrogens is 342 g/mol. The highest BCUT2D eigenvalue weighted by molar-refractivity contribution is 5.75. The van der Waals surface area contributed by atoms with Crippen molar-refractivity contribution >= 4 is 16.9 Å². The van der Waals surface area contributed by atoms with Crippen LogP contribution in [0, 0.1) is 6.92 Å². The minimum absolute atomic E-state index is 0.276. The van der Waals surface area contributed by atoms with Crippen LogP contribution in [0.4, 0.5) is 0 Å². The van der Waals surface area contributed by atoms with Crippen molar-refractivity contribution in [2.24, 2.45) is 7.05 Å². The van der Waals surface area contributed by atoms with Crippen molar-refractivity contribution in [2.75, 3.05) is 0 Å². The molecule has 0 radical (unpaired) electrons. The molecule has 0 spiro atoms. The van der Waals surface area contributed by atoms with Crippen LogP contribution in [0.5, 0.6) is 0 Å². The molecule has 3 heterocycles. The summed E-state index contributed by atoms with van der Waals surface area (Å²) in [6.07, 6.45) is 3.46. The minimum atomic E-state index is -0.318. The van der Waals surface area contributed by atoms with E-state index in [1.54, 1.807) is 7.05 Å². The summed E-state index contributed by atoms with van der Waals surface area (Å²) >= 11 is 0. The zero-order chi connectivity index (χ0) is 19.1. The molecule has 1 aromatic carbocycles. The van der Waals surface area contributed by atoms with Gasteiger partial charge in [0.1, 0.15) is 0 Å². The number of rotatable bonds is 5. The molecule has 7 nitrogen and oxygen atoms in total. The number of nitrogens with zero attached hydrogens (tertiary/aromatic N) is 5. The van der Waals surface area contributed by atoms with Crippen LogP contribution in [0.1, 0.15) is 24.6 Å². The van der Waals surface area contributed by atoms with E-state index in [0.29, 0.717) is 23.5 Å². The van der Waals surface area contributed by atoms with Crippen molar-refractivity contribution in [3.63, 3.8) is 0 Å². The minimum Gasteiger partial charge on any atom is -0.314 e. The van der Waals surface area contributed by atoms with Crippen molar-refractivity contribution in [1.29, 1.82) is 0 Å². The van der Waals surface area contributed by atoms with E-state index in [4.69, 9.17) is 0 Å². The molecule has 0 bridgehead atoms. The Morgan fingerprint density at radius 1 is 1.07 bits per heavy atom. The summed E-state index contributed by atoms with van der Waals surface area (Å²) < 4.78 is 6.65. The Bertz CT molecular complexity index is 1240. The highest BCUT2D eigenvalue weighted by atomic mass is 16.2. The summed E-state index contributed by atoms with van der Waals surface area (Å²) in [7, 11) is 1.67. The lowest BCUT2D eigenvalue weighted by molar-refractivity contribution is 0.572. The third-order valence-corrected chi connectivity index (χ3v) is 5.15. The normalized spacial score (nSPS) is 11.7. The fraction of sp³-hybridized carbons (Fsp3) is 0.350. The Balaban J connectivity index is 1.80. The Morgan fingerprint density at radius 3 is 2.52 bits per heavy atom. The van der Waals surface area contributed by atoms with Gasteiger partial charge in [0.15, 0.2) is 11.2 Å². The molecule has 0 aliphatic heterocycles. The maximum Gasteiger partial charge on any atom is 0.332 e. The predicted octanol–water partition coefficient (Wildman–Crippen LogP) is 2.11. The van der Waals surface area contributed by atoms with Crippen LogP contribution in [-0.2, 0) is 26.6 Å². The van der Waals surface area contributed by atoms with Gasteiger partial charge in [0.25, 0.3) is 5.56 Å². The van der Waals surface area contributed by atoms with Crippen LogP contribution in [0.15, 0.2) is 46.1 Å². The quantitative estimate of drug-likeness (QED) is 0.544. The van der Waals surface area contributed by atoms with Gasteiger partial charge in [-0.2, -0.15) is 4.98 Å². The summed E-state index contributed by atoms with van der Waals surface area (Å²) in [6.45, 7) is 5.17. The number of benzene rings is 1. The summed E-state index contributed by atoms with van der Waals surface area (Å²) in [5.74, 6) is 0.694. The van der Waals surface area contributed by atoms with Crippen molar-refractivity contribution in [2.45, 2.75) is 39.8 Å². The number of aryl methyl sites for hydroxylation is 4. The summed E-state index contributed by atoms with van der Waals surface area (Å²) in [5, 5.41) is 0. The van der Waals surface area contributed by atoms with E-state index in [-0.39, 0.29) is 11.2 Å². The molecule has 0 saturated carbocycles. The zero-order valence-electron chi connectivity index (χ0n) is 15.8. The van der Waals surface area contributed by atoms with Crippen molar-refractivity contribution < 1.29 is 0 Å². The molecule has 7 heteroatoms. The van der Waals surface area contributed by atoms with Crippen LogP contribution in [0.3, 0.4) is 0 Å². The molecule has 0 N–H and O–H groups in total. The first kappa shape index (κ1) is 17.3. The van der Waals surface area contributed by atoms with Gasteiger partial charge in [0.05, 0.1) is 0 Å². The maximum atomic E-state index is 13.1. The standard InChI is InChI=1S/C20H23N5O2/c1-4-23-14(2)13-25-16-17(21-19(23)25)22(3)20(27)24(18(16)26)12-8-11-15-9-6-5-7-10-15/h5-7,9-10,13H,4,8,11-12H2,1-3H3. The zero-order valence-corrected chi connectivity index (χ0v) is 15.8. The molecule has 140 valence electrons. The maximum absolute atomic E-state index is 13.1. The first-order chi connectivity index (χ1) is 13.0. The lowest BCUT2D eigenvalue weighted by atomic mass is 10.1. The molecule has 0 aliphatic carbocycles. The molecule has 3 aromatic heterocycles. The molecule has 0 unspecified atom stereocenters. The SMILES string of the molecule is CCn1c(C)cn2c3c(=O)n(CCCc4ccccc4)c(=O)n(C)c3nc12. The second kappa shape index (κ2) is 6.57. The van der Waals surface area contributed by atoms with E-state index in [2.05, 4.69) is 17.1 Å². The summed E-state index contributed by atoms with van der Waals surface area (Å²) in [4.78, 5) is 30.4. The lowest BCUT2D eigenvalue weighted by Crippen LogP contribution is -2.39. The van der Waals surface area contributed by atoms with E-state index in [1.165, 1.54) is 14.7 Å². The van der Waals surface area contributed by atoms with Gasteiger partial charge in [-0.3, -0.25) is 18.3 Å². The molecule has 4 aromatic rings. The van der Waals surface area contributed by atoms with Crippen molar-refractivity contribution in [3.8, 4) is 0 Å². The van der Waals surface area contributed by atoms with Crippen molar-refractivity contribution in [1.82, 2.24) is 23.1 Å². The molecule has 0 aliphatic rings. The summed E-state index contributed by atoms with van der Waals surface area (Å²) in [6, 6.07) is 10.1. The van der Waals surface area contributed by atoms with Gasteiger partial charge < -0.3 is 4.57 Å². The van der Waals surface area contributed by atoms with Crippen LogP contribution in [-0.4, -0.2) is 23.1 Å². The summed E-state index contributed by atoms with van der Waals surface area (Å²) in [5.41, 5.74) is 2.53. The topological polar surface area (TPSA) is 66.2 Å². The Labute approximate surface area is 156 Å². The van der Waals surface area contributed by atoms with Gasteiger partial charge in [-0.1, -0.05) is 30.3 Å². The van der Waals surface area contributed by atoms with E-state index in [1.807, 2.05) is 47.2 Å². The first-order valence-corrected chi connectivity index (χ1v) is 9.24. The van der Waals surface area contributed by atoms with Crippen molar-refractivity contribution in [3.05, 3.63) is 68.6 Å². The van der Waals surface area contributed by atoms with Crippen LogP contribution in [0.2, 0.25) is 0 Å². The van der Waals surface area contributed by atoms with Gasteiger partial charge in [-0.25, -0.2) is 4.79 Å². The molecular formula is C20H23N5O2. The second-order valence-electron chi connectivity index (χ2n) is 6.86. The van der Waals surface area contributed by atoms with Gasteiger partial charge in [-0.05, 0) is 32.3 Å². The fourth-order valence-corrected chi connectivity index (χ4v) is 3.73. The Hall–Kier alpha value is -3.09. The molecule has 0 atom stereocenters. The molecule has 0 amide bonds. The molecule has 27 heavy (non-hydrogen) atoms. The smallest absolute Gasteiger partial charge is 0.314 e. The van der Waals surface area contributed by atoms with Gasteiger partial charge in [0.2, 0.25) is 5.78 Å². The average Bonchev–Trinajstić information content (AvgIpc) is 3.18. The van der Waals surface area contributed by atoms with E-state index >= 15 is 0 Å². The second-order valence-corrected chi connectivity index (χ2v) is 6.86. The lowest BCUT2D eigenvalue weighted by Gasteiger charge is -2.08. The number of hydrogen-bond donors (Lipinski definition) is 0. The van der Waals surface area contributed by atoms with E-state index in [9.17, 15) is 9.59 Å². The number of imidazole rings is 2. The van der Waals surface area contributed by atoms with E-state index < -0.39 is 0 Å². The predicted molar refractivity (Wildman–Crippen MR) is 105 cm³/mol. The average molecular weight is 365 g/mol. The van der Waals surface area contributed by atoms with Gasteiger partial charge in [-0.15, -0.1) is 0 Å². The number of aromatic nitrogens is 5. The molecule has 0 fully saturated rings. The Kier molecular flexibility index (Phi) is 4.22. The largest absolute Gasteiger partial charge is 0.332 e. The monoisotopic (exact) mass is 365 g/mol. The third kappa shape index (κ3) is 2.70. The molecule has 4 rings (SSSR count). The van der Waals surface area contributed by atoms with E-state index in [0.717, 1.165) is 25.1 Å². The molecule has 0 saturated heterocycles. The first-order valence-electron chi connectivity index (χ1n) is 9.24. The highest BCUT2D eigenvalue weighted by Crippen LogP contribution is 2.16. The third-order valence-electron chi connectivity index (χ3n) is 5.15. The van der Waals surface area contributed by atoms with Crippen LogP contribution < -0.4 is 11.2 Å². The highest BCUT2D eigenvalue weighted by Gasteiger charge is 2.19. The number of hydrogen-bond acceptors (Lipinski definition) is 3. The van der Waals surface area contributed by atoms with Gasteiger partial charge >= 0.3 is 5.69 Å². The number of fused-ring (bicyclic) bond motifs is 3. The Morgan fingerprint density at radius 2 is 1.81 bits per heavy atom. The fourth-order valence-electron chi connectivity index (χ4n) is 3.73. The van der Waals surface area contributed by atoms with Crippen LogP contribution >= 0.6 is 0 Å².